The van der Waals surface area contributed by atoms with Gasteiger partial charge in [0.1, 0.15) is 5.69 Å². The lowest BCUT2D eigenvalue weighted by molar-refractivity contribution is 0.0962. The number of benzene rings is 1. The molecule has 1 aromatic carbocycles. The van der Waals surface area contributed by atoms with E-state index >= 15 is 0 Å². The standard InChI is InChI=1S/C11H8N2O/c14-11-10-8(6-12-11)5-7-3-1-2-4-9(7)13-10/h1-5H,6H2,(H,12,14). The van der Waals surface area contributed by atoms with Gasteiger partial charge in [0.2, 0.25) is 0 Å². The summed E-state index contributed by atoms with van der Waals surface area (Å²) in [7, 11) is 0. The van der Waals surface area contributed by atoms with E-state index in [4.69, 9.17) is 0 Å². The number of hydrogen-bond donors (Lipinski definition) is 1. The SMILES string of the molecule is O=C1NCc2cc3ccccc3nc21. The molecule has 0 saturated carbocycles. The summed E-state index contributed by atoms with van der Waals surface area (Å²) in [5.41, 5.74) is 2.45. The van der Waals surface area contributed by atoms with Crippen LogP contribution in [0.5, 0.6) is 0 Å². The van der Waals surface area contributed by atoms with E-state index in [1.54, 1.807) is 0 Å². The average molecular weight is 184 g/mol. The molecule has 0 fully saturated rings. The maximum Gasteiger partial charge on any atom is 0.270 e. The van der Waals surface area contributed by atoms with E-state index in [9.17, 15) is 4.79 Å². The third-order valence-electron chi connectivity index (χ3n) is 2.46. The van der Waals surface area contributed by atoms with Gasteiger partial charge in [-0.1, -0.05) is 18.2 Å². The monoisotopic (exact) mass is 184 g/mol. The highest BCUT2D eigenvalue weighted by Gasteiger charge is 2.20. The number of hydrogen-bond acceptors (Lipinski definition) is 2. The number of aromatic nitrogens is 1. The molecule has 1 aliphatic heterocycles. The summed E-state index contributed by atoms with van der Waals surface area (Å²) < 4.78 is 0. The number of rotatable bonds is 0. The van der Waals surface area contributed by atoms with Crippen LogP contribution in [0.2, 0.25) is 0 Å². The summed E-state index contributed by atoms with van der Waals surface area (Å²) in [4.78, 5) is 15.7. The van der Waals surface area contributed by atoms with Gasteiger partial charge in [-0.2, -0.15) is 0 Å². The van der Waals surface area contributed by atoms with Crippen molar-refractivity contribution in [1.29, 1.82) is 0 Å². The lowest BCUT2D eigenvalue weighted by Gasteiger charge is -1.99. The molecule has 0 saturated heterocycles. The number of amides is 1. The maximum absolute atomic E-state index is 11.3. The molecule has 3 nitrogen and oxygen atoms in total. The van der Waals surface area contributed by atoms with Crippen LogP contribution >= 0.6 is 0 Å². The molecule has 3 heteroatoms. The van der Waals surface area contributed by atoms with Crippen LogP contribution in [0.25, 0.3) is 10.9 Å². The zero-order valence-corrected chi connectivity index (χ0v) is 7.45. The summed E-state index contributed by atoms with van der Waals surface area (Å²) in [6, 6.07) is 9.84. The zero-order valence-electron chi connectivity index (χ0n) is 7.45. The molecular formula is C11H8N2O. The van der Waals surface area contributed by atoms with Gasteiger partial charge in [-0.3, -0.25) is 4.79 Å². The first-order valence-electron chi connectivity index (χ1n) is 4.51. The summed E-state index contributed by atoms with van der Waals surface area (Å²) >= 11 is 0. The Bertz CT molecular complexity index is 534. The molecule has 0 aliphatic carbocycles. The molecule has 3 rings (SSSR count). The summed E-state index contributed by atoms with van der Waals surface area (Å²) in [6.07, 6.45) is 0. The van der Waals surface area contributed by atoms with E-state index in [0.29, 0.717) is 12.2 Å². The van der Waals surface area contributed by atoms with Crippen molar-refractivity contribution in [2.75, 3.05) is 0 Å². The first kappa shape index (κ1) is 7.50. The van der Waals surface area contributed by atoms with E-state index in [1.165, 1.54) is 0 Å². The molecule has 1 aromatic heterocycles. The van der Waals surface area contributed by atoms with Crippen molar-refractivity contribution in [3.63, 3.8) is 0 Å². The molecule has 0 radical (unpaired) electrons. The Balaban J connectivity index is 2.38. The number of fused-ring (bicyclic) bond motifs is 2. The van der Waals surface area contributed by atoms with Crippen molar-refractivity contribution < 1.29 is 4.79 Å². The minimum atomic E-state index is -0.0641. The van der Waals surface area contributed by atoms with Crippen LogP contribution in [0.15, 0.2) is 30.3 Å². The topological polar surface area (TPSA) is 42.0 Å². The number of pyridine rings is 1. The fraction of sp³-hybridized carbons (Fsp3) is 0.0909. The van der Waals surface area contributed by atoms with Gasteiger partial charge in [-0.15, -0.1) is 0 Å². The molecule has 2 heterocycles. The van der Waals surface area contributed by atoms with Gasteiger partial charge >= 0.3 is 0 Å². The van der Waals surface area contributed by atoms with Gasteiger partial charge in [0, 0.05) is 17.5 Å². The van der Waals surface area contributed by atoms with Crippen LogP contribution in [-0.2, 0) is 6.54 Å². The largest absolute Gasteiger partial charge is 0.347 e. The van der Waals surface area contributed by atoms with Gasteiger partial charge in [0.25, 0.3) is 5.91 Å². The van der Waals surface area contributed by atoms with E-state index in [1.807, 2.05) is 30.3 Å². The maximum atomic E-state index is 11.3. The Morgan fingerprint density at radius 3 is 3.07 bits per heavy atom. The second kappa shape index (κ2) is 2.54. The normalized spacial score (nSPS) is 14.1. The molecule has 1 N–H and O–H groups in total. The Kier molecular flexibility index (Phi) is 1.36. The highest BCUT2D eigenvalue weighted by molar-refractivity contribution is 5.99. The highest BCUT2D eigenvalue weighted by Crippen LogP contribution is 2.19. The first-order valence-corrected chi connectivity index (χ1v) is 4.51. The Labute approximate surface area is 80.8 Å². The Morgan fingerprint density at radius 1 is 1.29 bits per heavy atom. The van der Waals surface area contributed by atoms with Crippen LogP contribution in [0.3, 0.4) is 0 Å². The number of nitrogens with one attached hydrogen (secondary N) is 1. The third-order valence-corrected chi connectivity index (χ3v) is 2.46. The Hall–Kier alpha value is -1.90. The van der Waals surface area contributed by atoms with Crippen LogP contribution in [-0.4, -0.2) is 10.9 Å². The minimum Gasteiger partial charge on any atom is -0.347 e. The minimum absolute atomic E-state index is 0.0641. The summed E-state index contributed by atoms with van der Waals surface area (Å²) in [5, 5.41) is 3.84. The van der Waals surface area contributed by atoms with Crippen molar-refractivity contribution in [2.24, 2.45) is 0 Å². The second-order valence-corrected chi connectivity index (χ2v) is 3.37. The summed E-state index contributed by atoms with van der Waals surface area (Å²) in [6.45, 7) is 0.603. The van der Waals surface area contributed by atoms with Crippen LogP contribution in [0.4, 0.5) is 0 Å². The zero-order chi connectivity index (χ0) is 9.54. The van der Waals surface area contributed by atoms with Crippen LogP contribution in [0, 0.1) is 0 Å². The fourth-order valence-electron chi connectivity index (χ4n) is 1.75. The predicted octanol–water partition coefficient (Wildman–Crippen LogP) is 1.48. The molecule has 0 unspecified atom stereocenters. The van der Waals surface area contributed by atoms with Crippen molar-refractivity contribution >= 4 is 16.8 Å². The Morgan fingerprint density at radius 2 is 2.14 bits per heavy atom. The van der Waals surface area contributed by atoms with Crippen LogP contribution in [0.1, 0.15) is 16.1 Å². The fourth-order valence-corrected chi connectivity index (χ4v) is 1.75. The van der Waals surface area contributed by atoms with E-state index < -0.39 is 0 Å². The van der Waals surface area contributed by atoms with Gasteiger partial charge in [0.05, 0.1) is 5.52 Å². The van der Waals surface area contributed by atoms with E-state index in [0.717, 1.165) is 16.5 Å². The quantitative estimate of drug-likeness (QED) is 0.673. The van der Waals surface area contributed by atoms with Gasteiger partial charge < -0.3 is 5.32 Å². The molecule has 0 spiro atoms. The van der Waals surface area contributed by atoms with Crippen molar-refractivity contribution in [1.82, 2.24) is 10.3 Å². The van der Waals surface area contributed by atoms with Gasteiger partial charge in [-0.05, 0) is 12.1 Å². The molecule has 0 bridgehead atoms. The first-order chi connectivity index (χ1) is 6.84. The number of carbonyl (C=O) groups is 1. The number of carbonyl (C=O) groups excluding carboxylic acids is 1. The smallest absolute Gasteiger partial charge is 0.270 e. The number of para-hydroxylation sites is 1. The molecule has 68 valence electrons. The predicted molar refractivity (Wildman–Crippen MR) is 52.9 cm³/mol. The molecular weight excluding hydrogens is 176 g/mol. The average Bonchev–Trinajstić information content (AvgIpc) is 2.57. The van der Waals surface area contributed by atoms with Crippen molar-refractivity contribution in [3.8, 4) is 0 Å². The second-order valence-electron chi connectivity index (χ2n) is 3.37. The van der Waals surface area contributed by atoms with Crippen LogP contribution < -0.4 is 5.32 Å². The molecule has 0 atom stereocenters. The molecule has 1 amide bonds. The van der Waals surface area contributed by atoms with Crippen molar-refractivity contribution in [2.45, 2.75) is 6.54 Å². The molecule has 2 aromatic rings. The highest BCUT2D eigenvalue weighted by atomic mass is 16.2. The van der Waals surface area contributed by atoms with E-state index in [-0.39, 0.29) is 5.91 Å². The van der Waals surface area contributed by atoms with E-state index in [2.05, 4.69) is 10.3 Å². The lowest BCUT2D eigenvalue weighted by Crippen LogP contribution is -2.13. The third kappa shape index (κ3) is 0.923. The lowest BCUT2D eigenvalue weighted by atomic mass is 10.1. The van der Waals surface area contributed by atoms with Gasteiger partial charge in [0.15, 0.2) is 0 Å². The molecule has 1 aliphatic rings. The van der Waals surface area contributed by atoms with Gasteiger partial charge in [-0.25, -0.2) is 4.98 Å². The number of nitrogens with zero attached hydrogens (tertiary/aromatic N) is 1. The summed E-state index contributed by atoms with van der Waals surface area (Å²) in [5.74, 6) is -0.0641. The molecule has 14 heavy (non-hydrogen) atoms. The van der Waals surface area contributed by atoms with Crippen molar-refractivity contribution in [3.05, 3.63) is 41.6 Å².